The van der Waals surface area contributed by atoms with E-state index >= 15 is 0 Å². The van der Waals surface area contributed by atoms with Gasteiger partial charge in [-0.05, 0) is 11.1 Å². The zero-order chi connectivity index (χ0) is 13.5. The van der Waals surface area contributed by atoms with Crippen molar-refractivity contribution in [2.75, 3.05) is 14.2 Å². The lowest BCUT2D eigenvalue weighted by molar-refractivity contribution is -0.240. The van der Waals surface area contributed by atoms with Crippen LogP contribution in [0.15, 0.2) is 36.4 Å². The molecule has 0 N–H and O–H groups in total. The Hall–Kier alpha value is -1.16. The Labute approximate surface area is 118 Å². The molecular formula is C17H18O3. The highest BCUT2D eigenvalue weighted by Crippen LogP contribution is 2.71. The number of hydrogen-bond donors (Lipinski definition) is 0. The van der Waals surface area contributed by atoms with Crippen molar-refractivity contribution >= 4 is 0 Å². The summed E-state index contributed by atoms with van der Waals surface area (Å²) in [4.78, 5) is 0. The van der Waals surface area contributed by atoms with Crippen LogP contribution in [0, 0.1) is 23.7 Å². The van der Waals surface area contributed by atoms with Gasteiger partial charge >= 0.3 is 0 Å². The Balaban J connectivity index is 1.66. The van der Waals surface area contributed by atoms with Crippen molar-refractivity contribution in [2.45, 2.75) is 18.0 Å². The van der Waals surface area contributed by atoms with Crippen LogP contribution in [-0.4, -0.2) is 20.0 Å². The molecule has 3 nitrogen and oxygen atoms in total. The first kappa shape index (κ1) is 11.5. The smallest absolute Gasteiger partial charge is 0.180 e. The highest BCUT2D eigenvalue weighted by molar-refractivity contribution is 5.43. The van der Waals surface area contributed by atoms with E-state index in [1.807, 2.05) is 0 Å². The van der Waals surface area contributed by atoms with Gasteiger partial charge in [-0.15, -0.1) is 0 Å². The molecular weight excluding hydrogens is 252 g/mol. The highest BCUT2D eigenvalue weighted by atomic mass is 16.7. The van der Waals surface area contributed by atoms with Gasteiger partial charge in [0.05, 0.1) is 12.2 Å². The van der Waals surface area contributed by atoms with E-state index in [0.29, 0.717) is 23.7 Å². The first-order valence-corrected chi connectivity index (χ1v) is 7.34. The third kappa shape index (κ3) is 1.01. The van der Waals surface area contributed by atoms with Crippen molar-refractivity contribution in [3.05, 3.63) is 47.5 Å². The topological polar surface area (TPSA) is 27.7 Å². The Bertz CT molecular complexity index is 557. The van der Waals surface area contributed by atoms with E-state index in [1.165, 1.54) is 11.1 Å². The summed E-state index contributed by atoms with van der Waals surface area (Å²) in [6.07, 6.45) is 4.99. The van der Waals surface area contributed by atoms with E-state index in [9.17, 15) is 0 Å². The monoisotopic (exact) mass is 270 g/mol. The van der Waals surface area contributed by atoms with E-state index in [0.717, 1.165) is 0 Å². The molecule has 0 amide bonds. The van der Waals surface area contributed by atoms with Gasteiger partial charge < -0.3 is 14.2 Å². The fraction of sp³-hybridized carbons (Fsp3) is 0.529. The highest BCUT2D eigenvalue weighted by Gasteiger charge is 2.71. The molecule has 1 aromatic carbocycles. The maximum atomic E-state index is 6.32. The van der Waals surface area contributed by atoms with Crippen LogP contribution in [0.5, 0.6) is 0 Å². The van der Waals surface area contributed by atoms with E-state index in [-0.39, 0.29) is 12.2 Å². The Morgan fingerprint density at radius 2 is 1.40 bits per heavy atom. The second kappa shape index (κ2) is 3.53. The zero-order valence-corrected chi connectivity index (χ0v) is 11.7. The maximum absolute atomic E-state index is 6.32. The minimum Gasteiger partial charge on any atom is -0.365 e. The number of hydrogen-bond acceptors (Lipinski definition) is 3. The quantitative estimate of drug-likeness (QED) is 0.611. The first-order chi connectivity index (χ1) is 9.81. The van der Waals surface area contributed by atoms with Crippen LogP contribution >= 0.6 is 0 Å². The standard InChI is InChI=1S/C17H18O3/c1-18-17(19-2)11-7-8-12(17)14-13(11)15-9-5-3-4-6-10(9)16(14)20-15/h3-8,11-16H,1-2H3. The van der Waals surface area contributed by atoms with Crippen LogP contribution < -0.4 is 0 Å². The second-order valence-electron chi connectivity index (χ2n) is 6.33. The molecule has 2 fully saturated rings. The lowest BCUT2D eigenvalue weighted by Gasteiger charge is -2.33. The van der Waals surface area contributed by atoms with Crippen LogP contribution in [0.4, 0.5) is 0 Å². The van der Waals surface area contributed by atoms with E-state index in [2.05, 4.69) is 36.4 Å². The number of methoxy groups -OCH3 is 2. The molecule has 1 saturated carbocycles. The van der Waals surface area contributed by atoms with Crippen molar-refractivity contribution in [1.82, 2.24) is 0 Å². The third-order valence-electron chi connectivity index (χ3n) is 5.97. The minimum atomic E-state index is -0.475. The summed E-state index contributed by atoms with van der Waals surface area (Å²) in [7, 11) is 3.54. The predicted molar refractivity (Wildman–Crippen MR) is 72.9 cm³/mol. The first-order valence-electron chi connectivity index (χ1n) is 7.34. The summed E-state index contributed by atoms with van der Waals surface area (Å²) < 4.78 is 18.0. The van der Waals surface area contributed by atoms with Gasteiger partial charge in [-0.1, -0.05) is 36.4 Å². The van der Waals surface area contributed by atoms with Crippen molar-refractivity contribution in [1.29, 1.82) is 0 Å². The number of benzene rings is 1. The third-order valence-corrected chi connectivity index (χ3v) is 5.97. The summed E-state index contributed by atoms with van der Waals surface area (Å²) >= 11 is 0. The fourth-order valence-corrected chi connectivity index (χ4v) is 5.34. The van der Waals surface area contributed by atoms with Gasteiger partial charge in [0.25, 0.3) is 0 Å². The molecule has 3 heteroatoms. The molecule has 2 heterocycles. The molecule has 4 aliphatic rings. The fourth-order valence-electron chi connectivity index (χ4n) is 5.34. The predicted octanol–water partition coefficient (Wildman–Crippen LogP) is 2.85. The number of ether oxygens (including phenoxy) is 3. The molecule has 20 heavy (non-hydrogen) atoms. The van der Waals surface area contributed by atoms with Crippen molar-refractivity contribution < 1.29 is 14.2 Å². The molecule has 2 aliphatic heterocycles. The van der Waals surface area contributed by atoms with Gasteiger partial charge in [0, 0.05) is 37.9 Å². The van der Waals surface area contributed by atoms with Crippen LogP contribution in [0.2, 0.25) is 0 Å². The number of fused-ring (bicyclic) bond motifs is 12. The van der Waals surface area contributed by atoms with Gasteiger partial charge in [-0.3, -0.25) is 0 Å². The van der Waals surface area contributed by atoms with Gasteiger partial charge in [0.15, 0.2) is 5.79 Å². The summed E-state index contributed by atoms with van der Waals surface area (Å²) in [5, 5.41) is 0. The van der Waals surface area contributed by atoms with Gasteiger partial charge in [-0.25, -0.2) is 0 Å². The van der Waals surface area contributed by atoms with Gasteiger partial charge in [0.2, 0.25) is 0 Å². The van der Waals surface area contributed by atoms with E-state index in [4.69, 9.17) is 14.2 Å². The normalized spacial score (nSPS) is 44.9. The van der Waals surface area contributed by atoms with Crippen LogP contribution in [0.3, 0.4) is 0 Å². The molecule has 0 spiro atoms. The Kier molecular flexibility index (Phi) is 2.03. The Morgan fingerprint density at radius 3 is 1.85 bits per heavy atom. The molecule has 2 aliphatic carbocycles. The second-order valence-corrected chi connectivity index (χ2v) is 6.33. The SMILES string of the molecule is COC1(OC)C2C=CC1C1C3OC(c4ccccc43)C12. The maximum Gasteiger partial charge on any atom is 0.180 e. The molecule has 0 radical (unpaired) electrons. The lowest BCUT2D eigenvalue weighted by atomic mass is 9.71. The molecule has 5 rings (SSSR count). The van der Waals surface area contributed by atoms with Crippen molar-refractivity contribution in [3.8, 4) is 0 Å². The van der Waals surface area contributed by atoms with Gasteiger partial charge in [-0.2, -0.15) is 0 Å². The van der Waals surface area contributed by atoms with Crippen molar-refractivity contribution in [3.63, 3.8) is 0 Å². The van der Waals surface area contributed by atoms with E-state index < -0.39 is 5.79 Å². The van der Waals surface area contributed by atoms with Crippen molar-refractivity contribution in [2.24, 2.45) is 23.7 Å². The average molecular weight is 270 g/mol. The van der Waals surface area contributed by atoms with Crippen LogP contribution in [-0.2, 0) is 14.2 Å². The molecule has 6 atom stereocenters. The average Bonchev–Trinajstić information content (AvgIpc) is 3.22. The van der Waals surface area contributed by atoms with Crippen LogP contribution in [0.1, 0.15) is 23.3 Å². The summed E-state index contributed by atoms with van der Waals surface area (Å²) in [5.74, 6) is 1.11. The largest absolute Gasteiger partial charge is 0.365 e. The Morgan fingerprint density at radius 1 is 0.900 bits per heavy atom. The molecule has 0 aromatic heterocycles. The summed E-state index contributed by atoms with van der Waals surface area (Å²) in [5.41, 5.74) is 2.75. The molecule has 4 bridgehead atoms. The summed E-state index contributed by atoms with van der Waals surface area (Å²) in [6.45, 7) is 0. The summed E-state index contributed by atoms with van der Waals surface area (Å²) in [6, 6.07) is 8.65. The molecule has 104 valence electrons. The zero-order valence-electron chi connectivity index (χ0n) is 11.7. The van der Waals surface area contributed by atoms with Gasteiger partial charge in [0.1, 0.15) is 0 Å². The van der Waals surface area contributed by atoms with Crippen LogP contribution in [0.25, 0.3) is 0 Å². The molecule has 1 aromatic rings. The molecule has 6 unspecified atom stereocenters. The number of rotatable bonds is 2. The van der Waals surface area contributed by atoms with E-state index in [1.54, 1.807) is 14.2 Å². The molecule has 1 saturated heterocycles. The lowest BCUT2D eigenvalue weighted by Crippen LogP contribution is -2.41. The minimum absolute atomic E-state index is 0.214.